The van der Waals surface area contributed by atoms with E-state index in [4.69, 9.17) is 4.43 Å². The number of rotatable bonds is 17. The highest BCUT2D eigenvalue weighted by molar-refractivity contribution is 6.99. The predicted molar refractivity (Wildman–Crippen MR) is 261 cm³/mol. The van der Waals surface area contributed by atoms with Gasteiger partial charge in [-0.1, -0.05) is 125 Å². The number of hydrogen-bond donors (Lipinski definition) is 3. The first kappa shape index (κ1) is 50.3. The van der Waals surface area contributed by atoms with Gasteiger partial charge in [0.25, 0.3) is 8.32 Å². The molecule has 0 saturated carbocycles. The van der Waals surface area contributed by atoms with Crippen LogP contribution in [0.5, 0.6) is 0 Å². The highest BCUT2D eigenvalue weighted by Gasteiger charge is 2.51. The lowest BCUT2D eigenvalue weighted by Gasteiger charge is -2.44. The Bertz CT molecular complexity index is 2100. The molecule has 3 heterocycles. The smallest absolute Gasteiger partial charge is 0.262 e. The molecule has 3 aliphatic heterocycles. The van der Waals surface area contributed by atoms with Crippen LogP contribution in [0.4, 0.5) is 0 Å². The topological polar surface area (TPSA) is 154 Å². The molecule has 0 unspecified atom stereocenters. The van der Waals surface area contributed by atoms with Crippen LogP contribution in [0.3, 0.4) is 0 Å². The van der Waals surface area contributed by atoms with Crippen molar-refractivity contribution in [1.82, 2.24) is 25.8 Å². The van der Waals surface area contributed by atoms with Crippen LogP contribution in [0.25, 0.3) is 0 Å². The van der Waals surface area contributed by atoms with Crippen LogP contribution in [-0.2, 0) is 46.0 Å². The molecule has 0 bridgehead atoms. The number of carbonyl (C=O) groups is 6. The lowest BCUT2D eigenvalue weighted by atomic mass is 9.94. The van der Waals surface area contributed by atoms with Crippen LogP contribution in [0.15, 0.2) is 84.9 Å². The van der Waals surface area contributed by atoms with Gasteiger partial charge in [-0.15, -0.1) is 0 Å². The lowest BCUT2D eigenvalue weighted by Crippen LogP contribution is -2.68. The molecule has 3 aromatic carbocycles. The van der Waals surface area contributed by atoms with Crippen LogP contribution in [0, 0.1) is 0 Å². The predicted octanol–water partition coefficient (Wildman–Crippen LogP) is 5.92. The number of hydrogen-bond acceptors (Lipinski definition) is 7. The number of fused-ring (bicyclic) bond motifs is 1. The van der Waals surface area contributed by atoms with E-state index in [1.807, 2.05) is 72.5 Å². The number of nitrogens with zero attached hydrogens (tertiary/aromatic N) is 2. The van der Waals surface area contributed by atoms with Gasteiger partial charge in [-0.05, 0) is 98.2 Å². The zero-order chi connectivity index (χ0) is 47.5. The molecule has 6 rings (SSSR count). The molecule has 3 aromatic rings. The second-order valence-electron chi connectivity index (χ2n) is 19.9. The number of likely N-dealkylation sites (tertiary alicyclic amines) is 1. The molecule has 0 aromatic heterocycles. The number of carbonyl (C=O) groups excluding carboxylic acids is 6. The van der Waals surface area contributed by atoms with E-state index in [0.29, 0.717) is 64.3 Å². The van der Waals surface area contributed by atoms with E-state index in [0.717, 1.165) is 47.4 Å². The van der Waals surface area contributed by atoms with E-state index in [1.165, 1.54) is 6.42 Å². The van der Waals surface area contributed by atoms with Crippen LogP contribution in [0.1, 0.15) is 130 Å². The Hall–Kier alpha value is -5.14. The Morgan fingerprint density at radius 2 is 1.38 bits per heavy atom. The minimum atomic E-state index is -2.93. The zero-order valence-electron chi connectivity index (χ0n) is 40.2. The van der Waals surface area contributed by atoms with E-state index in [-0.39, 0.29) is 35.5 Å². The van der Waals surface area contributed by atoms with Crippen LogP contribution in [0.2, 0.25) is 5.04 Å². The van der Waals surface area contributed by atoms with Gasteiger partial charge in [0, 0.05) is 38.9 Å². The number of aryl methyl sites for hydroxylation is 1. The van der Waals surface area contributed by atoms with Crippen LogP contribution in [-0.4, -0.2) is 103 Å². The molecule has 3 N–H and O–H groups in total. The van der Waals surface area contributed by atoms with E-state index >= 15 is 0 Å². The van der Waals surface area contributed by atoms with Gasteiger partial charge >= 0.3 is 0 Å². The molecular formula is C53H73N5O7Si. The summed E-state index contributed by atoms with van der Waals surface area (Å²) in [4.78, 5) is 86.6. The number of piperidine rings is 1. The van der Waals surface area contributed by atoms with Gasteiger partial charge in [0.2, 0.25) is 29.5 Å². The van der Waals surface area contributed by atoms with Crippen molar-refractivity contribution in [2.24, 2.45) is 0 Å². The molecule has 0 radical (unpaired) electrons. The Morgan fingerprint density at radius 1 is 0.758 bits per heavy atom. The van der Waals surface area contributed by atoms with Crippen LogP contribution < -0.4 is 26.3 Å². The zero-order valence-corrected chi connectivity index (χ0v) is 41.2. The summed E-state index contributed by atoms with van der Waals surface area (Å²) in [5.41, 5.74) is 0.489. The first-order valence-electron chi connectivity index (χ1n) is 24.5. The van der Waals surface area contributed by atoms with Crippen molar-refractivity contribution in [3.63, 3.8) is 0 Å². The van der Waals surface area contributed by atoms with Gasteiger partial charge < -0.3 is 30.2 Å². The minimum absolute atomic E-state index is 0.0160. The van der Waals surface area contributed by atoms with Crippen molar-refractivity contribution in [3.05, 3.63) is 96.1 Å². The number of nitrogens with one attached hydrogen (secondary N) is 3. The quantitative estimate of drug-likeness (QED) is 0.112. The number of Topliss-reactive ketones (excluding diaryl/α,β-unsaturated/α-hetero) is 1. The molecular weight excluding hydrogens is 847 g/mol. The van der Waals surface area contributed by atoms with E-state index < -0.39 is 55.8 Å². The standard InChI is InChI=1S/C53H73N5O7Si/c1-7-53(6)51(64)55-44(37-40-30-28-39(29-31-40)32-33-47(60)57-34-18-11-19-35-57)50(63)58-36-20-26-45(58)49(62)54-43(48(61)56-53)25-16-10-17-27-46(59)38(2)65-66(52(3,4)5,41-21-12-8-13-22-41)42-23-14-9-15-24-42/h8-9,12-15,21-24,28-31,38,43-45H,7,10-11,16-20,25-27,32-37H2,1-6H3,(H,54,62)(H,55,64)(H,56,61)/t38-,43-,44-,45+,53-/m0/s1. The Morgan fingerprint density at radius 3 is 1.98 bits per heavy atom. The summed E-state index contributed by atoms with van der Waals surface area (Å²) in [6.45, 7) is 13.9. The number of benzene rings is 3. The van der Waals surface area contributed by atoms with Crippen molar-refractivity contribution < 1.29 is 33.2 Å². The van der Waals surface area contributed by atoms with Gasteiger partial charge in [0.05, 0.1) is 0 Å². The van der Waals surface area contributed by atoms with Crippen LogP contribution >= 0.6 is 0 Å². The molecule has 5 amide bonds. The van der Waals surface area contributed by atoms with E-state index in [2.05, 4.69) is 61.0 Å². The fourth-order valence-electron chi connectivity index (χ4n) is 9.90. The second kappa shape index (κ2) is 22.6. The maximum absolute atomic E-state index is 14.4. The number of ketones is 1. The third kappa shape index (κ3) is 12.1. The molecule has 12 nitrogen and oxygen atoms in total. The summed E-state index contributed by atoms with van der Waals surface area (Å²) in [6, 6.07) is 25.6. The van der Waals surface area contributed by atoms with Crippen molar-refractivity contribution in [3.8, 4) is 0 Å². The van der Waals surface area contributed by atoms with Gasteiger partial charge in [0.1, 0.15) is 29.8 Å². The molecule has 66 heavy (non-hydrogen) atoms. The number of amides is 5. The second-order valence-corrected chi connectivity index (χ2v) is 24.2. The summed E-state index contributed by atoms with van der Waals surface area (Å²) in [7, 11) is -2.93. The van der Waals surface area contributed by atoms with Crippen molar-refractivity contribution in [1.29, 1.82) is 0 Å². The molecule has 5 atom stereocenters. The maximum Gasteiger partial charge on any atom is 0.262 e. The number of unbranched alkanes of at least 4 members (excludes halogenated alkanes) is 2. The molecule has 0 aliphatic carbocycles. The Labute approximate surface area is 393 Å². The molecule has 0 spiro atoms. The molecule has 3 fully saturated rings. The SMILES string of the molecule is CC[C@]1(C)NC(=O)[C@H](CCCCCC(=O)[C@H](C)O[Si](c2ccccc2)(c2ccccc2)C(C)(C)C)NC(=O)[C@H]2CCCN2C(=O)[C@H](Cc2ccc(CCC(=O)N3CCCCC3)cc2)NC1=O. The minimum Gasteiger partial charge on any atom is -0.398 e. The normalized spacial score (nSPS) is 22.6. The first-order chi connectivity index (χ1) is 31.6. The molecule has 356 valence electrons. The third-order valence-corrected chi connectivity index (χ3v) is 19.2. The van der Waals surface area contributed by atoms with E-state index in [1.54, 1.807) is 18.7 Å². The van der Waals surface area contributed by atoms with Crippen molar-refractivity contribution in [2.75, 3.05) is 19.6 Å². The molecule has 13 heteroatoms. The average Bonchev–Trinajstić information content (AvgIpc) is 3.82. The fourth-order valence-corrected chi connectivity index (χ4v) is 14.6. The lowest BCUT2D eigenvalue weighted by molar-refractivity contribution is -0.144. The first-order valence-corrected chi connectivity index (χ1v) is 26.4. The monoisotopic (exact) mass is 920 g/mol. The average molecular weight is 920 g/mol. The van der Waals surface area contributed by atoms with Gasteiger partial charge in [0.15, 0.2) is 5.78 Å². The van der Waals surface area contributed by atoms with Gasteiger partial charge in [-0.25, -0.2) is 0 Å². The van der Waals surface area contributed by atoms with Crippen molar-refractivity contribution in [2.45, 2.75) is 166 Å². The Balaban J connectivity index is 1.08. The maximum atomic E-state index is 14.4. The fraction of sp³-hybridized carbons (Fsp3) is 0.547. The third-order valence-electron chi connectivity index (χ3n) is 14.1. The molecule has 3 saturated heterocycles. The van der Waals surface area contributed by atoms with Crippen molar-refractivity contribution >= 4 is 54.0 Å². The summed E-state index contributed by atoms with van der Waals surface area (Å²) < 4.78 is 7.05. The Kier molecular flexibility index (Phi) is 17.2. The van der Waals surface area contributed by atoms with Gasteiger partial charge in [-0.2, -0.15) is 0 Å². The molecule has 3 aliphatic rings. The summed E-state index contributed by atoms with van der Waals surface area (Å²) >= 11 is 0. The summed E-state index contributed by atoms with van der Waals surface area (Å²) in [5.74, 6) is -1.47. The van der Waals surface area contributed by atoms with Gasteiger partial charge in [-0.3, -0.25) is 28.8 Å². The largest absolute Gasteiger partial charge is 0.398 e. The van der Waals surface area contributed by atoms with E-state index in [9.17, 15) is 28.8 Å². The highest BCUT2D eigenvalue weighted by atomic mass is 28.4. The summed E-state index contributed by atoms with van der Waals surface area (Å²) in [5, 5.41) is 10.8. The summed E-state index contributed by atoms with van der Waals surface area (Å²) in [6.07, 6.45) is 7.58. The highest BCUT2D eigenvalue weighted by Crippen LogP contribution is 2.38.